The maximum atomic E-state index is 13.0. The van der Waals surface area contributed by atoms with Crippen LogP contribution in [-0.2, 0) is 16.0 Å². The van der Waals surface area contributed by atoms with Crippen molar-refractivity contribution in [2.24, 2.45) is 5.92 Å². The van der Waals surface area contributed by atoms with E-state index in [1.807, 2.05) is 9.80 Å². The summed E-state index contributed by atoms with van der Waals surface area (Å²) in [6.07, 6.45) is 1.53. The third kappa shape index (κ3) is 5.67. The molecule has 0 bridgehead atoms. The Kier molecular flexibility index (Phi) is 7.04. The molecule has 0 radical (unpaired) electrons. The zero-order valence-electron chi connectivity index (χ0n) is 17.3. The third-order valence-corrected chi connectivity index (χ3v) is 5.47. The van der Waals surface area contributed by atoms with Gasteiger partial charge in [0.25, 0.3) is 0 Å². The lowest BCUT2D eigenvalue weighted by Crippen LogP contribution is -2.38. The van der Waals surface area contributed by atoms with Gasteiger partial charge in [-0.15, -0.1) is 0 Å². The molecule has 0 spiro atoms. The molecule has 1 N–H and O–H groups in total. The zero-order valence-corrected chi connectivity index (χ0v) is 17.3. The minimum Gasteiger partial charge on any atom is -0.480 e. The maximum absolute atomic E-state index is 13.0. The molecule has 1 fully saturated rings. The van der Waals surface area contributed by atoms with E-state index in [4.69, 9.17) is 0 Å². The fourth-order valence-electron chi connectivity index (χ4n) is 4.03. The molecule has 2 aromatic carbocycles. The van der Waals surface area contributed by atoms with Crippen LogP contribution in [0.1, 0.15) is 24.5 Å². The van der Waals surface area contributed by atoms with Crippen molar-refractivity contribution in [3.8, 4) is 11.1 Å². The Morgan fingerprint density at radius 2 is 1.86 bits per heavy atom. The van der Waals surface area contributed by atoms with Crippen LogP contribution < -0.4 is 0 Å². The van der Waals surface area contributed by atoms with Gasteiger partial charge in [-0.1, -0.05) is 61.0 Å². The molecule has 29 heavy (non-hydrogen) atoms. The lowest BCUT2D eigenvalue weighted by Gasteiger charge is -2.23. The largest absolute Gasteiger partial charge is 0.480 e. The van der Waals surface area contributed by atoms with Crippen molar-refractivity contribution < 1.29 is 14.7 Å². The smallest absolute Gasteiger partial charge is 0.317 e. The summed E-state index contributed by atoms with van der Waals surface area (Å²) in [6.45, 7) is 6.56. The Balaban J connectivity index is 1.76. The number of carbonyl (C=O) groups is 2. The summed E-state index contributed by atoms with van der Waals surface area (Å²) in [6, 6.07) is 16.8. The third-order valence-electron chi connectivity index (χ3n) is 5.47. The minimum atomic E-state index is -0.845. The molecule has 1 amide bonds. The minimum absolute atomic E-state index is 0.0178. The van der Waals surface area contributed by atoms with Crippen LogP contribution in [0.4, 0.5) is 0 Å². The quantitative estimate of drug-likeness (QED) is 0.781. The van der Waals surface area contributed by atoms with E-state index in [1.165, 1.54) is 11.1 Å². The van der Waals surface area contributed by atoms with E-state index in [9.17, 15) is 14.7 Å². The fraction of sp³-hybridized carbons (Fsp3) is 0.417. The van der Waals surface area contributed by atoms with Gasteiger partial charge in [-0.3, -0.25) is 14.5 Å². The summed E-state index contributed by atoms with van der Waals surface area (Å²) in [5, 5.41) is 9.19. The predicted molar refractivity (Wildman–Crippen MR) is 115 cm³/mol. The first-order valence-electron chi connectivity index (χ1n) is 10.3. The number of rotatable bonds is 7. The Bertz CT molecular complexity index is 847. The molecular weight excluding hydrogens is 364 g/mol. The molecule has 1 aliphatic rings. The van der Waals surface area contributed by atoms with Crippen molar-refractivity contribution in [2.75, 3.05) is 32.7 Å². The standard InChI is InChI=1S/C24H30N2O3/c1-3-11-26-13-12-25(17-23(27)28)16-22(24(26)29)15-19-7-9-20(10-8-19)21-6-4-5-18(2)14-21/h4-10,14,22H,3,11-13,15-17H2,1-2H3,(H,27,28)/t22-/m0/s1. The van der Waals surface area contributed by atoms with Crippen molar-refractivity contribution in [2.45, 2.75) is 26.7 Å². The highest BCUT2D eigenvalue weighted by atomic mass is 16.4. The number of amides is 1. The van der Waals surface area contributed by atoms with Crippen molar-refractivity contribution in [3.63, 3.8) is 0 Å². The molecule has 0 saturated carbocycles. The van der Waals surface area contributed by atoms with E-state index >= 15 is 0 Å². The highest BCUT2D eigenvalue weighted by Crippen LogP contribution is 2.23. The topological polar surface area (TPSA) is 60.9 Å². The van der Waals surface area contributed by atoms with E-state index in [1.54, 1.807) is 0 Å². The molecule has 0 unspecified atom stereocenters. The molecule has 0 aromatic heterocycles. The first kappa shape index (κ1) is 21.1. The molecule has 3 rings (SSSR count). The van der Waals surface area contributed by atoms with E-state index in [0.29, 0.717) is 26.1 Å². The predicted octanol–water partition coefficient (Wildman–Crippen LogP) is 3.46. The van der Waals surface area contributed by atoms with E-state index in [0.717, 1.165) is 24.1 Å². The van der Waals surface area contributed by atoms with Crippen molar-refractivity contribution in [1.29, 1.82) is 0 Å². The second-order valence-electron chi connectivity index (χ2n) is 7.92. The molecule has 1 atom stereocenters. The van der Waals surface area contributed by atoms with Crippen LogP contribution in [0.15, 0.2) is 48.5 Å². The van der Waals surface area contributed by atoms with E-state index in [-0.39, 0.29) is 18.4 Å². The number of nitrogens with zero attached hydrogens (tertiary/aromatic N) is 2. The van der Waals surface area contributed by atoms with Gasteiger partial charge in [-0.05, 0) is 36.5 Å². The number of hydrogen-bond donors (Lipinski definition) is 1. The highest BCUT2D eigenvalue weighted by molar-refractivity contribution is 5.80. The van der Waals surface area contributed by atoms with Crippen LogP contribution in [0.2, 0.25) is 0 Å². The average Bonchev–Trinajstić information content (AvgIpc) is 2.82. The molecule has 1 aliphatic heterocycles. The number of aliphatic carboxylic acids is 1. The monoisotopic (exact) mass is 394 g/mol. The number of carboxylic acid groups (broad SMARTS) is 1. The van der Waals surface area contributed by atoms with E-state index in [2.05, 4.69) is 62.4 Å². The Morgan fingerprint density at radius 3 is 2.52 bits per heavy atom. The van der Waals surface area contributed by atoms with Crippen LogP contribution in [0, 0.1) is 12.8 Å². The second-order valence-corrected chi connectivity index (χ2v) is 7.92. The number of hydrogen-bond acceptors (Lipinski definition) is 3. The first-order chi connectivity index (χ1) is 14.0. The molecule has 1 heterocycles. The van der Waals surface area contributed by atoms with Crippen LogP contribution in [0.3, 0.4) is 0 Å². The number of carbonyl (C=O) groups excluding carboxylic acids is 1. The van der Waals surface area contributed by atoms with Gasteiger partial charge >= 0.3 is 5.97 Å². The van der Waals surface area contributed by atoms with E-state index < -0.39 is 5.97 Å². The summed E-state index contributed by atoms with van der Waals surface area (Å²) in [5.41, 5.74) is 4.67. The van der Waals surface area contributed by atoms with Gasteiger partial charge in [0.1, 0.15) is 0 Å². The summed E-state index contributed by atoms with van der Waals surface area (Å²) >= 11 is 0. The lowest BCUT2D eigenvalue weighted by atomic mass is 9.95. The maximum Gasteiger partial charge on any atom is 0.317 e. The van der Waals surface area contributed by atoms with Crippen LogP contribution in [0.25, 0.3) is 11.1 Å². The highest BCUT2D eigenvalue weighted by Gasteiger charge is 2.30. The lowest BCUT2D eigenvalue weighted by molar-refractivity contribution is -0.139. The second kappa shape index (κ2) is 9.70. The van der Waals surface area contributed by atoms with Gasteiger partial charge in [0.2, 0.25) is 5.91 Å². The molecule has 0 aliphatic carbocycles. The SMILES string of the molecule is CCCN1CCN(CC(=O)O)C[C@H](Cc2ccc(-c3cccc(C)c3)cc2)C1=O. The fourth-order valence-corrected chi connectivity index (χ4v) is 4.03. The molecule has 154 valence electrons. The van der Waals surface area contributed by atoms with Crippen molar-refractivity contribution in [3.05, 3.63) is 59.7 Å². The summed E-state index contributed by atoms with van der Waals surface area (Å²) < 4.78 is 0. The number of benzene rings is 2. The number of carboxylic acids is 1. The first-order valence-corrected chi connectivity index (χ1v) is 10.3. The van der Waals surface area contributed by atoms with Gasteiger partial charge in [-0.25, -0.2) is 0 Å². The summed E-state index contributed by atoms with van der Waals surface area (Å²) in [7, 11) is 0. The van der Waals surface area contributed by atoms with Gasteiger partial charge < -0.3 is 10.0 Å². The number of aryl methyl sites for hydroxylation is 1. The summed E-state index contributed by atoms with van der Waals surface area (Å²) in [4.78, 5) is 28.0. The Labute approximate surface area is 172 Å². The molecule has 5 nitrogen and oxygen atoms in total. The normalized spacial score (nSPS) is 17.9. The molecule has 5 heteroatoms. The van der Waals surface area contributed by atoms with Crippen molar-refractivity contribution in [1.82, 2.24) is 9.80 Å². The average molecular weight is 395 g/mol. The van der Waals surface area contributed by atoms with Crippen molar-refractivity contribution >= 4 is 11.9 Å². The van der Waals surface area contributed by atoms with Gasteiger partial charge in [0, 0.05) is 26.2 Å². The molecular formula is C24H30N2O3. The molecule has 2 aromatic rings. The summed E-state index contributed by atoms with van der Waals surface area (Å²) in [5.74, 6) is -0.918. The van der Waals surface area contributed by atoms with Crippen LogP contribution in [0.5, 0.6) is 0 Å². The van der Waals surface area contributed by atoms with Crippen LogP contribution >= 0.6 is 0 Å². The van der Waals surface area contributed by atoms with Gasteiger partial charge in [0.15, 0.2) is 0 Å². The molecule has 1 saturated heterocycles. The Hall–Kier alpha value is -2.66. The van der Waals surface area contributed by atoms with Gasteiger partial charge in [-0.2, -0.15) is 0 Å². The Morgan fingerprint density at radius 1 is 1.10 bits per heavy atom. The zero-order chi connectivity index (χ0) is 20.8. The van der Waals surface area contributed by atoms with Crippen LogP contribution in [-0.4, -0.2) is 59.5 Å². The van der Waals surface area contributed by atoms with Gasteiger partial charge in [0.05, 0.1) is 12.5 Å².